The average molecular weight is 359 g/mol. The molecule has 7 heteroatoms. The number of anilines is 1. The van der Waals surface area contributed by atoms with Crippen LogP contribution in [0.25, 0.3) is 0 Å². The molecular formula is C19H26FN5O. The van der Waals surface area contributed by atoms with Gasteiger partial charge >= 0.3 is 6.03 Å². The Morgan fingerprint density at radius 1 is 1.15 bits per heavy atom. The summed E-state index contributed by atoms with van der Waals surface area (Å²) in [6, 6.07) is 6.48. The average Bonchev–Trinajstić information content (AvgIpc) is 2.88. The number of halogens is 1. The Labute approximate surface area is 153 Å². The van der Waals surface area contributed by atoms with Crippen LogP contribution in [0, 0.1) is 19.7 Å². The molecule has 1 aliphatic heterocycles. The molecule has 1 aliphatic rings. The quantitative estimate of drug-likeness (QED) is 0.911. The summed E-state index contributed by atoms with van der Waals surface area (Å²) in [5, 5.41) is 7.41. The van der Waals surface area contributed by atoms with Gasteiger partial charge in [-0.05, 0) is 50.1 Å². The highest BCUT2D eigenvalue weighted by atomic mass is 19.1. The van der Waals surface area contributed by atoms with Crippen LogP contribution < -0.4 is 10.2 Å². The Morgan fingerprint density at radius 2 is 1.81 bits per heavy atom. The highest BCUT2D eigenvalue weighted by molar-refractivity contribution is 5.74. The molecule has 1 saturated heterocycles. The molecule has 1 fully saturated rings. The fourth-order valence-corrected chi connectivity index (χ4v) is 3.41. The zero-order valence-corrected chi connectivity index (χ0v) is 15.6. The topological polar surface area (TPSA) is 53.4 Å². The largest absolute Gasteiger partial charge is 0.368 e. The van der Waals surface area contributed by atoms with Crippen LogP contribution in [0.15, 0.2) is 24.3 Å². The Balaban J connectivity index is 1.45. The van der Waals surface area contributed by atoms with E-state index in [9.17, 15) is 9.18 Å². The van der Waals surface area contributed by atoms with E-state index >= 15 is 0 Å². The number of urea groups is 1. The number of aromatic nitrogens is 2. The van der Waals surface area contributed by atoms with E-state index in [0.29, 0.717) is 19.6 Å². The van der Waals surface area contributed by atoms with Crippen molar-refractivity contribution < 1.29 is 9.18 Å². The number of rotatable bonds is 4. The van der Waals surface area contributed by atoms with Gasteiger partial charge in [-0.3, -0.25) is 4.68 Å². The molecule has 1 aromatic heterocycles. The van der Waals surface area contributed by atoms with Gasteiger partial charge in [0, 0.05) is 51.2 Å². The lowest BCUT2D eigenvalue weighted by atomic mass is 10.1. The van der Waals surface area contributed by atoms with Crippen molar-refractivity contribution in [1.82, 2.24) is 20.0 Å². The molecule has 0 spiro atoms. The third-order valence-corrected chi connectivity index (χ3v) is 5.07. The Bertz CT molecular complexity index is 763. The molecule has 140 valence electrons. The van der Waals surface area contributed by atoms with Crippen LogP contribution in [0.3, 0.4) is 0 Å². The number of nitrogens with zero attached hydrogens (tertiary/aromatic N) is 4. The maximum atomic E-state index is 13.0. The van der Waals surface area contributed by atoms with Crippen molar-refractivity contribution in [3.63, 3.8) is 0 Å². The van der Waals surface area contributed by atoms with Crippen LogP contribution in [0.5, 0.6) is 0 Å². The zero-order valence-electron chi connectivity index (χ0n) is 15.6. The summed E-state index contributed by atoms with van der Waals surface area (Å²) in [6.07, 6.45) is 0.785. The van der Waals surface area contributed by atoms with Crippen LogP contribution in [0.1, 0.15) is 17.0 Å². The van der Waals surface area contributed by atoms with Crippen LogP contribution >= 0.6 is 0 Å². The zero-order chi connectivity index (χ0) is 18.7. The maximum Gasteiger partial charge on any atom is 0.317 e. The lowest BCUT2D eigenvalue weighted by Gasteiger charge is -2.36. The van der Waals surface area contributed by atoms with Crippen LogP contribution in [-0.4, -0.2) is 53.4 Å². The lowest BCUT2D eigenvalue weighted by molar-refractivity contribution is 0.194. The van der Waals surface area contributed by atoms with Gasteiger partial charge in [-0.2, -0.15) is 5.10 Å². The van der Waals surface area contributed by atoms with Gasteiger partial charge in [0.2, 0.25) is 0 Å². The molecule has 2 aromatic rings. The van der Waals surface area contributed by atoms with Crippen LogP contribution in [0.2, 0.25) is 0 Å². The van der Waals surface area contributed by atoms with Crippen molar-refractivity contribution in [3.05, 3.63) is 47.0 Å². The molecule has 1 aromatic carbocycles. The smallest absolute Gasteiger partial charge is 0.317 e. The Kier molecular flexibility index (Phi) is 5.44. The summed E-state index contributed by atoms with van der Waals surface area (Å²) in [5.74, 6) is -0.231. The van der Waals surface area contributed by atoms with Crippen molar-refractivity contribution >= 4 is 11.7 Å². The van der Waals surface area contributed by atoms with Gasteiger partial charge in [0.25, 0.3) is 0 Å². The van der Waals surface area contributed by atoms with Crippen molar-refractivity contribution in [3.8, 4) is 0 Å². The van der Waals surface area contributed by atoms with Gasteiger partial charge in [0.05, 0.1) is 5.69 Å². The number of amides is 2. The summed E-state index contributed by atoms with van der Waals surface area (Å²) in [4.78, 5) is 16.4. The number of carbonyl (C=O) groups is 1. The van der Waals surface area contributed by atoms with Crippen molar-refractivity contribution in [2.24, 2.45) is 7.05 Å². The molecule has 0 radical (unpaired) electrons. The SMILES string of the molecule is Cc1nn(C)c(C)c1CCNC(=O)N1CCN(c2ccc(F)cc2)CC1. The van der Waals surface area contributed by atoms with Gasteiger partial charge in [-0.1, -0.05) is 0 Å². The molecule has 3 rings (SSSR count). The molecule has 0 saturated carbocycles. The van der Waals surface area contributed by atoms with Crippen LogP contribution in [-0.2, 0) is 13.5 Å². The van der Waals surface area contributed by atoms with Gasteiger partial charge in [-0.15, -0.1) is 0 Å². The summed E-state index contributed by atoms with van der Waals surface area (Å²) < 4.78 is 14.9. The minimum Gasteiger partial charge on any atom is -0.368 e. The molecule has 0 unspecified atom stereocenters. The van der Waals surface area contributed by atoms with E-state index < -0.39 is 0 Å². The summed E-state index contributed by atoms with van der Waals surface area (Å²) in [7, 11) is 1.94. The van der Waals surface area contributed by atoms with E-state index in [0.717, 1.165) is 36.6 Å². The van der Waals surface area contributed by atoms with Gasteiger partial charge in [0.15, 0.2) is 0 Å². The van der Waals surface area contributed by atoms with Crippen molar-refractivity contribution in [1.29, 1.82) is 0 Å². The number of aryl methyl sites for hydroxylation is 2. The second-order valence-corrected chi connectivity index (χ2v) is 6.71. The third kappa shape index (κ3) is 3.98. The lowest BCUT2D eigenvalue weighted by Crippen LogP contribution is -2.52. The minimum atomic E-state index is -0.231. The minimum absolute atomic E-state index is 0.0250. The molecule has 0 atom stereocenters. The molecule has 26 heavy (non-hydrogen) atoms. The third-order valence-electron chi connectivity index (χ3n) is 5.07. The number of carbonyl (C=O) groups excluding carboxylic acids is 1. The monoisotopic (exact) mass is 359 g/mol. The van der Waals surface area contributed by atoms with E-state index in [1.54, 1.807) is 12.1 Å². The summed E-state index contributed by atoms with van der Waals surface area (Å²) in [6.45, 7) is 7.47. The fourth-order valence-electron chi connectivity index (χ4n) is 3.41. The fraction of sp³-hybridized carbons (Fsp3) is 0.474. The molecule has 0 aliphatic carbocycles. The number of hydrogen-bond acceptors (Lipinski definition) is 3. The highest BCUT2D eigenvalue weighted by Crippen LogP contribution is 2.17. The van der Waals surface area contributed by atoms with Crippen molar-refractivity contribution in [2.75, 3.05) is 37.6 Å². The molecule has 1 N–H and O–H groups in total. The predicted molar refractivity (Wildman–Crippen MR) is 100.0 cm³/mol. The predicted octanol–water partition coefficient (Wildman–Crippen LogP) is 2.25. The highest BCUT2D eigenvalue weighted by Gasteiger charge is 2.21. The van der Waals surface area contributed by atoms with E-state index in [4.69, 9.17) is 0 Å². The molecule has 2 amide bonds. The van der Waals surface area contributed by atoms with Crippen molar-refractivity contribution in [2.45, 2.75) is 20.3 Å². The first-order chi connectivity index (χ1) is 12.5. The number of hydrogen-bond donors (Lipinski definition) is 1. The standard InChI is InChI=1S/C19H26FN5O/c1-14-18(15(2)23(3)22-14)8-9-21-19(26)25-12-10-24(11-13-25)17-6-4-16(20)5-7-17/h4-7H,8-13H2,1-3H3,(H,21,26). The van der Waals surface area contributed by atoms with E-state index in [2.05, 4.69) is 15.3 Å². The first-order valence-corrected chi connectivity index (χ1v) is 8.98. The van der Waals surface area contributed by atoms with Gasteiger partial charge in [-0.25, -0.2) is 9.18 Å². The summed E-state index contributed by atoms with van der Waals surface area (Å²) in [5.41, 5.74) is 4.36. The number of benzene rings is 1. The Hall–Kier alpha value is -2.57. The second-order valence-electron chi connectivity index (χ2n) is 6.71. The Morgan fingerprint density at radius 3 is 2.38 bits per heavy atom. The maximum absolute atomic E-state index is 13.0. The number of nitrogens with one attached hydrogen (secondary N) is 1. The number of piperazine rings is 1. The molecule has 2 heterocycles. The van der Waals surface area contributed by atoms with E-state index in [1.165, 1.54) is 17.7 Å². The van der Waals surface area contributed by atoms with Gasteiger partial charge < -0.3 is 15.1 Å². The first kappa shape index (κ1) is 18.2. The van der Waals surface area contributed by atoms with E-state index in [1.807, 2.05) is 30.5 Å². The molecular weight excluding hydrogens is 333 g/mol. The first-order valence-electron chi connectivity index (χ1n) is 8.98. The van der Waals surface area contributed by atoms with Crippen LogP contribution in [0.4, 0.5) is 14.9 Å². The molecule has 0 bridgehead atoms. The van der Waals surface area contributed by atoms with E-state index in [-0.39, 0.29) is 11.8 Å². The summed E-state index contributed by atoms with van der Waals surface area (Å²) >= 11 is 0. The molecule has 6 nitrogen and oxygen atoms in total. The normalized spacial score (nSPS) is 14.6. The second kappa shape index (κ2) is 7.76. The van der Waals surface area contributed by atoms with Gasteiger partial charge in [0.1, 0.15) is 5.82 Å².